The lowest BCUT2D eigenvalue weighted by molar-refractivity contribution is 0.0830. The SMILES string of the molecule is O=C1c2ccccc2OC[C@H]1CNCCc1ccccc1. The highest BCUT2D eigenvalue weighted by Gasteiger charge is 2.27. The number of hydrogen-bond acceptors (Lipinski definition) is 3. The van der Waals surface area contributed by atoms with Gasteiger partial charge in [0, 0.05) is 6.54 Å². The van der Waals surface area contributed by atoms with Gasteiger partial charge in [0.1, 0.15) is 5.75 Å². The van der Waals surface area contributed by atoms with E-state index in [0.29, 0.717) is 24.5 Å². The van der Waals surface area contributed by atoms with Gasteiger partial charge in [0.2, 0.25) is 0 Å². The van der Waals surface area contributed by atoms with E-state index in [2.05, 4.69) is 17.4 Å². The molecule has 0 fully saturated rings. The number of carbonyl (C=O) groups is 1. The van der Waals surface area contributed by atoms with Crippen LogP contribution < -0.4 is 10.1 Å². The molecule has 21 heavy (non-hydrogen) atoms. The van der Waals surface area contributed by atoms with Crippen LogP contribution in [0.5, 0.6) is 5.75 Å². The minimum Gasteiger partial charge on any atom is -0.492 e. The number of nitrogens with one attached hydrogen (secondary N) is 1. The predicted octanol–water partition coefficient (Wildman–Crippen LogP) is 2.71. The standard InChI is InChI=1S/C18H19NO2/c20-18-15(13-21-17-9-5-4-8-16(17)18)12-19-11-10-14-6-2-1-3-7-14/h1-9,15,19H,10-13H2/t15-/m1/s1. The van der Waals surface area contributed by atoms with Crippen molar-refractivity contribution in [3.63, 3.8) is 0 Å². The van der Waals surface area contributed by atoms with E-state index in [1.54, 1.807) is 0 Å². The van der Waals surface area contributed by atoms with Crippen molar-refractivity contribution in [2.24, 2.45) is 5.92 Å². The summed E-state index contributed by atoms with van der Waals surface area (Å²) in [5, 5.41) is 3.36. The molecule has 2 aromatic rings. The Morgan fingerprint density at radius 3 is 2.67 bits per heavy atom. The molecule has 1 atom stereocenters. The van der Waals surface area contributed by atoms with Crippen LogP contribution in [-0.2, 0) is 6.42 Å². The summed E-state index contributed by atoms with van der Waals surface area (Å²) < 4.78 is 5.66. The summed E-state index contributed by atoms with van der Waals surface area (Å²) >= 11 is 0. The average molecular weight is 281 g/mol. The molecule has 1 aliphatic heterocycles. The smallest absolute Gasteiger partial charge is 0.174 e. The predicted molar refractivity (Wildman–Crippen MR) is 82.8 cm³/mol. The highest BCUT2D eigenvalue weighted by Crippen LogP contribution is 2.26. The van der Waals surface area contributed by atoms with Crippen molar-refractivity contribution < 1.29 is 9.53 Å². The molecular formula is C18H19NO2. The number of hydrogen-bond donors (Lipinski definition) is 1. The highest BCUT2D eigenvalue weighted by atomic mass is 16.5. The van der Waals surface area contributed by atoms with Crippen molar-refractivity contribution in [3.05, 3.63) is 65.7 Å². The van der Waals surface area contributed by atoms with Gasteiger partial charge in [0.15, 0.2) is 5.78 Å². The normalized spacial score (nSPS) is 17.1. The summed E-state index contributed by atoms with van der Waals surface area (Å²) in [4.78, 5) is 12.4. The molecule has 0 aliphatic carbocycles. The van der Waals surface area contributed by atoms with Crippen LogP contribution in [0, 0.1) is 5.92 Å². The fourth-order valence-corrected chi connectivity index (χ4v) is 2.59. The van der Waals surface area contributed by atoms with Gasteiger partial charge in [0.25, 0.3) is 0 Å². The summed E-state index contributed by atoms with van der Waals surface area (Å²) in [6, 6.07) is 17.8. The quantitative estimate of drug-likeness (QED) is 0.856. The molecule has 0 spiro atoms. The third-order valence-electron chi connectivity index (χ3n) is 3.79. The fourth-order valence-electron chi connectivity index (χ4n) is 2.59. The van der Waals surface area contributed by atoms with Crippen LogP contribution in [0.4, 0.5) is 0 Å². The maximum atomic E-state index is 12.4. The Labute approximate surface area is 124 Å². The number of benzene rings is 2. The van der Waals surface area contributed by atoms with Crippen molar-refractivity contribution in [1.29, 1.82) is 0 Å². The lowest BCUT2D eigenvalue weighted by atomic mass is 9.95. The van der Waals surface area contributed by atoms with Gasteiger partial charge in [-0.2, -0.15) is 0 Å². The van der Waals surface area contributed by atoms with Crippen LogP contribution in [0.3, 0.4) is 0 Å². The van der Waals surface area contributed by atoms with Crippen molar-refractivity contribution in [1.82, 2.24) is 5.32 Å². The molecule has 3 heteroatoms. The number of rotatable bonds is 5. The van der Waals surface area contributed by atoms with Crippen LogP contribution >= 0.6 is 0 Å². The molecule has 108 valence electrons. The molecule has 0 saturated heterocycles. The van der Waals surface area contributed by atoms with E-state index in [1.165, 1.54) is 5.56 Å². The van der Waals surface area contributed by atoms with E-state index >= 15 is 0 Å². The molecule has 1 N–H and O–H groups in total. The number of fused-ring (bicyclic) bond motifs is 1. The first-order valence-electron chi connectivity index (χ1n) is 7.35. The van der Waals surface area contributed by atoms with E-state index in [-0.39, 0.29) is 11.7 Å². The first-order valence-corrected chi connectivity index (χ1v) is 7.35. The summed E-state index contributed by atoms with van der Waals surface area (Å²) in [6.45, 7) is 2.00. The topological polar surface area (TPSA) is 38.3 Å². The maximum Gasteiger partial charge on any atom is 0.174 e. The number of ether oxygens (including phenoxy) is 1. The molecule has 3 nitrogen and oxygen atoms in total. The molecule has 3 rings (SSSR count). The Hall–Kier alpha value is -2.13. The molecule has 0 radical (unpaired) electrons. The van der Waals surface area contributed by atoms with Crippen LogP contribution in [0.15, 0.2) is 54.6 Å². The Morgan fingerprint density at radius 1 is 1.05 bits per heavy atom. The number of Topliss-reactive ketones (excluding diaryl/α,β-unsaturated/α-hetero) is 1. The monoisotopic (exact) mass is 281 g/mol. The fraction of sp³-hybridized carbons (Fsp3) is 0.278. The van der Waals surface area contributed by atoms with Crippen molar-refractivity contribution >= 4 is 5.78 Å². The van der Waals surface area contributed by atoms with Gasteiger partial charge in [-0.1, -0.05) is 42.5 Å². The van der Waals surface area contributed by atoms with E-state index in [9.17, 15) is 4.79 Å². The van der Waals surface area contributed by atoms with Gasteiger partial charge in [0.05, 0.1) is 18.1 Å². The zero-order valence-electron chi connectivity index (χ0n) is 11.9. The molecule has 0 saturated carbocycles. The molecule has 2 aromatic carbocycles. The Bertz CT molecular complexity index is 610. The third-order valence-corrected chi connectivity index (χ3v) is 3.79. The van der Waals surface area contributed by atoms with Crippen molar-refractivity contribution in [2.75, 3.05) is 19.7 Å². The zero-order chi connectivity index (χ0) is 14.5. The van der Waals surface area contributed by atoms with E-state index in [1.807, 2.05) is 42.5 Å². The molecule has 1 aliphatic rings. The number of ketones is 1. The van der Waals surface area contributed by atoms with Gasteiger partial charge >= 0.3 is 0 Å². The Balaban J connectivity index is 1.50. The minimum atomic E-state index is -0.0873. The first-order chi connectivity index (χ1) is 10.3. The minimum absolute atomic E-state index is 0.0873. The summed E-state index contributed by atoms with van der Waals surface area (Å²) in [7, 11) is 0. The van der Waals surface area contributed by atoms with Crippen molar-refractivity contribution in [3.8, 4) is 5.75 Å². The second-order valence-electron chi connectivity index (χ2n) is 5.31. The van der Waals surface area contributed by atoms with Gasteiger partial charge in [-0.25, -0.2) is 0 Å². The lowest BCUT2D eigenvalue weighted by Crippen LogP contribution is -2.36. The van der Waals surface area contributed by atoms with Crippen LogP contribution in [0.2, 0.25) is 0 Å². The largest absolute Gasteiger partial charge is 0.492 e. The van der Waals surface area contributed by atoms with Crippen LogP contribution in [0.1, 0.15) is 15.9 Å². The van der Waals surface area contributed by atoms with E-state index in [0.717, 1.165) is 13.0 Å². The highest BCUT2D eigenvalue weighted by molar-refractivity contribution is 6.01. The molecule has 1 heterocycles. The second-order valence-corrected chi connectivity index (χ2v) is 5.31. The Kier molecular flexibility index (Phi) is 4.31. The number of para-hydroxylation sites is 1. The second kappa shape index (κ2) is 6.55. The van der Waals surface area contributed by atoms with Crippen LogP contribution in [-0.4, -0.2) is 25.5 Å². The van der Waals surface area contributed by atoms with Crippen molar-refractivity contribution in [2.45, 2.75) is 6.42 Å². The molecular weight excluding hydrogens is 262 g/mol. The lowest BCUT2D eigenvalue weighted by Gasteiger charge is -2.24. The molecule has 0 aromatic heterocycles. The van der Waals surface area contributed by atoms with E-state index in [4.69, 9.17) is 4.74 Å². The van der Waals surface area contributed by atoms with E-state index < -0.39 is 0 Å². The molecule has 0 unspecified atom stereocenters. The molecule has 0 bridgehead atoms. The average Bonchev–Trinajstić information content (AvgIpc) is 2.55. The number of carbonyl (C=O) groups excluding carboxylic acids is 1. The van der Waals surface area contributed by atoms with Gasteiger partial charge in [-0.05, 0) is 30.7 Å². The zero-order valence-corrected chi connectivity index (χ0v) is 11.9. The van der Waals surface area contributed by atoms with Gasteiger partial charge < -0.3 is 10.1 Å². The Morgan fingerprint density at radius 2 is 1.81 bits per heavy atom. The maximum absolute atomic E-state index is 12.4. The molecule has 0 amide bonds. The van der Waals surface area contributed by atoms with Crippen LogP contribution in [0.25, 0.3) is 0 Å². The summed E-state index contributed by atoms with van der Waals surface area (Å²) in [5.41, 5.74) is 2.01. The summed E-state index contributed by atoms with van der Waals surface area (Å²) in [5.74, 6) is 0.808. The van der Waals surface area contributed by atoms with Gasteiger partial charge in [-0.3, -0.25) is 4.79 Å². The third kappa shape index (κ3) is 3.31. The summed E-state index contributed by atoms with van der Waals surface area (Å²) in [6.07, 6.45) is 0.971. The first kappa shape index (κ1) is 13.8. The van der Waals surface area contributed by atoms with Gasteiger partial charge in [-0.15, -0.1) is 0 Å².